The number of allylic oxidation sites excluding steroid dienone is 1. The Labute approximate surface area is 45.6 Å². The molecule has 0 spiro atoms. The molecule has 7 heavy (non-hydrogen) atoms. The summed E-state index contributed by atoms with van der Waals surface area (Å²) in [6.45, 7) is 3.08. The van der Waals surface area contributed by atoms with Crippen LogP contribution in [0.2, 0.25) is 0 Å². The lowest BCUT2D eigenvalue weighted by molar-refractivity contribution is 0.456. The zero-order chi connectivity index (χ0) is 5.70. The molecule has 0 aliphatic rings. The third kappa shape index (κ3) is 5.70. The van der Waals surface area contributed by atoms with Gasteiger partial charge in [-0.1, -0.05) is 12.2 Å². The number of likely N-dealkylation sites (N-methyl/N-ethyl adjacent to an activating group) is 1. The van der Waals surface area contributed by atoms with Crippen LogP contribution in [0, 0.1) is 0 Å². The number of hydrogen-bond donors (Lipinski definition) is 0. The van der Waals surface area contributed by atoms with E-state index in [2.05, 4.69) is 31.1 Å². The normalized spacial score (nSPS) is 11.4. The van der Waals surface area contributed by atoms with Crippen LogP contribution in [0.25, 0.3) is 0 Å². The van der Waals surface area contributed by atoms with Gasteiger partial charge < -0.3 is 4.90 Å². The summed E-state index contributed by atoms with van der Waals surface area (Å²) in [5.41, 5.74) is 0. The molecular weight excluding hydrogens is 86.1 g/mol. The number of hydrogen-bond acceptors (Lipinski definition) is 1. The van der Waals surface area contributed by atoms with Crippen LogP contribution < -0.4 is 0 Å². The van der Waals surface area contributed by atoms with E-state index in [1.165, 1.54) is 0 Å². The van der Waals surface area contributed by atoms with Crippen molar-refractivity contribution in [2.75, 3.05) is 20.6 Å². The van der Waals surface area contributed by atoms with Gasteiger partial charge in [0.25, 0.3) is 0 Å². The quantitative estimate of drug-likeness (QED) is 0.469. The van der Waals surface area contributed by atoms with Crippen molar-refractivity contribution in [1.82, 2.24) is 4.90 Å². The van der Waals surface area contributed by atoms with Gasteiger partial charge in [-0.2, -0.15) is 0 Å². The van der Waals surface area contributed by atoms with Gasteiger partial charge in [-0.15, -0.1) is 0 Å². The monoisotopic (exact) mass is 99.1 g/mol. The van der Waals surface area contributed by atoms with Gasteiger partial charge in [0.1, 0.15) is 0 Å². The Morgan fingerprint density at radius 1 is 1.43 bits per heavy atom. The average Bonchev–Trinajstić information content (AvgIpc) is 1.61. The van der Waals surface area contributed by atoms with Crippen molar-refractivity contribution in [2.45, 2.75) is 6.92 Å². The van der Waals surface area contributed by atoms with E-state index in [1.54, 1.807) is 0 Å². The molecule has 0 unspecified atom stereocenters. The second-order valence-corrected chi connectivity index (χ2v) is 1.83. The first kappa shape index (κ1) is 6.70. The zero-order valence-corrected chi connectivity index (χ0v) is 5.31. The van der Waals surface area contributed by atoms with Crippen LogP contribution in [0.1, 0.15) is 6.92 Å². The van der Waals surface area contributed by atoms with Crippen molar-refractivity contribution in [3.05, 3.63) is 12.2 Å². The SMILES string of the molecule is CC=CCN(C)C. The third-order valence-corrected chi connectivity index (χ3v) is 0.706. The molecule has 0 aliphatic heterocycles. The van der Waals surface area contributed by atoms with Gasteiger partial charge >= 0.3 is 0 Å². The predicted octanol–water partition coefficient (Wildman–Crippen LogP) is 1.12. The van der Waals surface area contributed by atoms with Crippen LogP contribution in [0.3, 0.4) is 0 Å². The van der Waals surface area contributed by atoms with E-state index in [-0.39, 0.29) is 0 Å². The Kier molecular flexibility index (Phi) is 3.71. The molecule has 1 heteroatoms. The van der Waals surface area contributed by atoms with Gasteiger partial charge in [0.05, 0.1) is 0 Å². The lowest BCUT2D eigenvalue weighted by Gasteiger charge is -2.02. The van der Waals surface area contributed by atoms with Crippen molar-refractivity contribution >= 4 is 0 Å². The highest BCUT2D eigenvalue weighted by molar-refractivity contribution is 4.78. The Morgan fingerprint density at radius 3 is 2.14 bits per heavy atom. The van der Waals surface area contributed by atoms with Gasteiger partial charge in [0.2, 0.25) is 0 Å². The maximum atomic E-state index is 2.12. The highest BCUT2D eigenvalue weighted by Gasteiger charge is 1.77. The minimum Gasteiger partial charge on any atom is -0.306 e. The molecule has 0 aromatic carbocycles. The molecule has 0 rings (SSSR count). The third-order valence-electron chi connectivity index (χ3n) is 0.706. The van der Waals surface area contributed by atoms with Crippen LogP contribution in [-0.4, -0.2) is 25.5 Å². The maximum Gasteiger partial charge on any atom is 0.0157 e. The van der Waals surface area contributed by atoms with Crippen molar-refractivity contribution in [3.8, 4) is 0 Å². The summed E-state index contributed by atoms with van der Waals surface area (Å²) >= 11 is 0. The summed E-state index contributed by atoms with van der Waals surface area (Å²) in [6.07, 6.45) is 4.18. The van der Waals surface area contributed by atoms with Gasteiger partial charge in [0, 0.05) is 6.54 Å². The molecule has 0 aromatic heterocycles. The maximum absolute atomic E-state index is 2.12. The molecule has 0 aromatic rings. The zero-order valence-electron chi connectivity index (χ0n) is 5.31. The Balaban J connectivity index is 2.97. The highest BCUT2D eigenvalue weighted by atomic mass is 15.0. The average molecular weight is 99.2 g/mol. The second kappa shape index (κ2) is 3.88. The molecule has 0 aliphatic carbocycles. The topological polar surface area (TPSA) is 3.24 Å². The van der Waals surface area contributed by atoms with E-state index in [1.807, 2.05) is 6.92 Å². The molecule has 0 saturated carbocycles. The highest BCUT2D eigenvalue weighted by Crippen LogP contribution is 1.74. The predicted molar refractivity (Wildman–Crippen MR) is 33.4 cm³/mol. The largest absolute Gasteiger partial charge is 0.306 e. The van der Waals surface area contributed by atoms with E-state index in [4.69, 9.17) is 0 Å². The lowest BCUT2D eigenvalue weighted by atomic mass is 10.5. The Bertz CT molecular complexity index is 55.2. The van der Waals surface area contributed by atoms with Crippen LogP contribution >= 0.6 is 0 Å². The van der Waals surface area contributed by atoms with E-state index in [9.17, 15) is 0 Å². The second-order valence-electron chi connectivity index (χ2n) is 1.83. The summed E-state index contributed by atoms with van der Waals surface area (Å²) in [5, 5.41) is 0. The van der Waals surface area contributed by atoms with Gasteiger partial charge in [-0.05, 0) is 21.0 Å². The van der Waals surface area contributed by atoms with E-state index >= 15 is 0 Å². The first-order valence-corrected chi connectivity index (χ1v) is 2.53. The Morgan fingerprint density at radius 2 is 2.00 bits per heavy atom. The van der Waals surface area contributed by atoms with Crippen LogP contribution in [0.5, 0.6) is 0 Å². The van der Waals surface area contributed by atoms with Crippen LogP contribution in [0.4, 0.5) is 0 Å². The van der Waals surface area contributed by atoms with Crippen molar-refractivity contribution in [1.29, 1.82) is 0 Å². The van der Waals surface area contributed by atoms with E-state index < -0.39 is 0 Å². The fourth-order valence-electron chi connectivity index (χ4n) is 0.316. The molecule has 0 bridgehead atoms. The molecule has 0 N–H and O–H groups in total. The minimum atomic E-state index is 1.05. The number of rotatable bonds is 2. The summed E-state index contributed by atoms with van der Waals surface area (Å²) in [6, 6.07) is 0. The van der Waals surface area contributed by atoms with Crippen molar-refractivity contribution < 1.29 is 0 Å². The summed E-state index contributed by atoms with van der Waals surface area (Å²) in [4.78, 5) is 2.12. The fourth-order valence-corrected chi connectivity index (χ4v) is 0.316. The fraction of sp³-hybridized carbons (Fsp3) is 0.667. The molecule has 0 radical (unpaired) electrons. The molecule has 0 amide bonds. The molecule has 0 heterocycles. The standard InChI is InChI=1S/C6H13N/c1-4-5-6-7(2)3/h4-5H,6H2,1-3H3. The van der Waals surface area contributed by atoms with Crippen molar-refractivity contribution in [3.63, 3.8) is 0 Å². The Hall–Kier alpha value is -0.300. The molecule has 0 fully saturated rings. The molecule has 0 atom stereocenters. The van der Waals surface area contributed by atoms with Gasteiger partial charge in [0.15, 0.2) is 0 Å². The minimum absolute atomic E-state index is 1.05. The summed E-state index contributed by atoms with van der Waals surface area (Å²) in [7, 11) is 4.11. The summed E-state index contributed by atoms with van der Waals surface area (Å²) < 4.78 is 0. The molecule has 0 saturated heterocycles. The lowest BCUT2D eigenvalue weighted by Crippen LogP contribution is -2.10. The van der Waals surface area contributed by atoms with Gasteiger partial charge in [-0.25, -0.2) is 0 Å². The van der Waals surface area contributed by atoms with E-state index in [0.717, 1.165) is 6.54 Å². The first-order chi connectivity index (χ1) is 3.27. The molecule has 42 valence electrons. The molecular formula is C6H13N. The van der Waals surface area contributed by atoms with Crippen molar-refractivity contribution in [2.24, 2.45) is 0 Å². The van der Waals surface area contributed by atoms with Gasteiger partial charge in [-0.3, -0.25) is 0 Å². The van der Waals surface area contributed by atoms with E-state index in [0.29, 0.717) is 0 Å². The number of nitrogens with zero attached hydrogens (tertiary/aromatic N) is 1. The smallest absolute Gasteiger partial charge is 0.0157 e. The first-order valence-electron chi connectivity index (χ1n) is 2.53. The summed E-state index contributed by atoms with van der Waals surface area (Å²) in [5.74, 6) is 0. The van der Waals surface area contributed by atoms with Crippen LogP contribution in [0.15, 0.2) is 12.2 Å². The molecule has 1 nitrogen and oxygen atoms in total. The van der Waals surface area contributed by atoms with Crippen LogP contribution in [-0.2, 0) is 0 Å².